The predicted octanol–water partition coefficient (Wildman–Crippen LogP) is 4.73. The number of thiophene rings is 1. The van der Waals surface area contributed by atoms with Crippen molar-refractivity contribution in [3.8, 4) is 17.2 Å². The Kier molecular flexibility index (Phi) is 5.18. The van der Waals surface area contributed by atoms with Gasteiger partial charge in [-0.15, -0.1) is 11.3 Å². The minimum absolute atomic E-state index is 0.483. The van der Waals surface area contributed by atoms with Gasteiger partial charge in [-0.2, -0.15) is 5.26 Å². The van der Waals surface area contributed by atoms with Gasteiger partial charge in [0, 0.05) is 10.4 Å². The van der Waals surface area contributed by atoms with Crippen LogP contribution in [0.4, 0.5) is 9.80 Å². The second-order valence-corrected chi connectivity index (χ2v) is 6.14. The van der Waals surface area contributed by atoms with E-state index < -0.39 is 6.09 Å². The molecule has 0 saturated carbocycles. The van der Waals surface area contributed by atoms with E-state index in [1.165, 1.54) is 24.0 Å². The number of nitrogens with one attached hydrogen (secondary N) is 1. The third-order valence-corrected chi connectivity index (χ3v) is 4.40. The maximum absolute atomic E-state index is 11.4. The number of rotatable bonds is 4. The first-order valence-corrected chi connectivity index (χ1v) is 7.90. The second-order valence-electron chi connectivity index (χ2n) is 4.91. The Balaban J connectivity index is 2.42. The second kappa shape index (κ2) is 7.10. The SMILES string of the molecule is CCCc1ccc(-c2c(C)sc(NC(=O)OC)c2C#N)cc1. The molecular weight excluding hydrogens is 296 g/mol. The molecule has 1 amide bonds. The number of hydrogen-bond acceptors (Lipinski definition) is 4. The van der Waals surface area contributed by atoms with Gasteiger partial charge in [0.2, 0.25) is 0 Å². The molecule has 0 saturated heterocycles. The van der Waals surface area contributed by atoms with Crippen molar-refractivity contribution < 1.29 is 9.53 Å². The van der Waals surface area contributed by atoms with Gasteiger partial charge in [-0.1, -0.05) is 37.6 Å². The molecule has 2 rings (SSSR count). The van der Waals surface area contributed by atoms with Gasteiger partial charge in [0.05, 0.1) is 12.7 Å². The van der Waals surface area contributed by atoms with Gasteiger partial charge in [-0.25, -0.2) is 4.79 Å². The summed E-state index contributed by atoms with van der Waals surface area (Å²) in [6.45, 7) is 4.10. The number of carbonyl (C=O) groups is 1. The van der Waals surface area contributed by atoms with E-state index in [-0.39, 0.29) is 0 Å². The van der Waals surface area contributed by atoms with Gasteiger partial charge < -0.3 is 4.74 Å². The standard InChI is InChI=1S/C17H18N2O2S/c1-4-5-12-6-8-13(9-7-12)15-11(2)22-16(14(15)10-18)19-17(20)21-3/h6-9H,4-5H2,1-3H3,(H,19,20). The summed E-state index contributed by atoms with van der Waals surface area (Å²) < 4.78 is 4.60. The van der Waals surface area contributed by atoms with Gasteiger partial charge in [0.25, 0.3) is 0 Å². The van der Waals surface area contributed by atoms with Crippen molar-refractivity contribution >= 4 is 22.4 Å². The van der Waals surface area contributed by atoms with Crippen LogP contribution in [0, 0.1) is 18.3 Å². The summed E-state index contributed by atoms with van der Waals surface area (Å²) in [5.41, 5.74) is 3.63. The first-order chi connectivity index (χ1) is 10.6. The molecule has 0 radical (unpaired) electrons. The summed E-state index contributed by atoms with van der Waals surface area (Å²) in [5, 5.41) is 12.6. The average molecular weight is 314 g/mol. The summed E-state index contributed by atoms with van der Waals surface area (Å²) in [5.74, 6) is 0. The van der Waals surface area contributed by atoms with Crippen LogP contribution in [0.25, 0.3) is 11.1 Å². The van der Waals surface area contributed by atoms with Crippen molar-refractivity contribution in [1.29, 1.82) is 5.26 Å². The molecule has 0 aliphatic heterocycles. The first-order valence-electron chi connectivity index (χ1n) is 7.08. The number of anilines is 1. The predicted molar refractivity (Wildman–Crippen MR) is 89.2 cm³/mol. The molecule has 0 unspecified atom stereocenters. The van der Waals surface area contributed by atoms with Crippen molar-refractivity contribution in [3.63, 3.8) is 0 Å². The minimum Gasteiger partial charge on any atom is -0.453 e. The molecular formula is C17H18N2O2S. The number of nitrogens with zero attached hydrogens (tertiary/aromatic N) is 1. The van der Waals surface area contributed by atoms with E-state index in [1.807, 2.05) is 19.1 Å². The Morgan fingerprint density at radius 2 is 2.05 bits per heavy atom. The number of carbonyl (C=O) groups excluding carboxylic acids is 1. The van der Waals surface area contributed by atoms with E-state index in [2.05, 4.69) is 35.2 Å². The maximum atomic E-state index is 11.4. The molecule has 2 aromatic rings. The molecule has 5 heteroatoms. The van der Waals surface area contributed by atoms with Crippen LogP contribution in [0.3, 0.4) is 0 Å². The fourth-order valence-corrected chi connectivity index (χ4v) is 3.37. The van der Waals surface area contributed by atoms with Gasteiger partial charge >= 0.3 is 6.09 Å². The lowest BCUT2D eigenvalue weighted by Crippen LogP contribution is -2.10. The van der Waals surface area contributed by atoms with Crippen LogP contribution in [0.1, 0.15) is 29.3 Å². The molecule has 0 fully saturated rings. The summed E-state index contributed by atoms with van der Waals surface area (Å²) in [7, 11) is 1.30. The fourth-order valence-electron chi connectivity index (χ4n) is 2.36. The zero-order chi connectivity index (χ0) is 16.1. The summed E-state index contributed by atoms with van der Waals surface area (Å²) >= 11 is 1.38. The quantitative estimate of drug-likeness (QED) is 0.887. The highest BCUT2D eigenvalue weighted by atomic mass is 32.1. The zero-order valence-electron chi connectivity index (χ0n) is 12.9. The summed E-state index contributed by atoms with van der Waals surface area (Å²) in [6, 6.07) is 10.4. The number of ether oxygens (including phenoxy) is 1. The van der Waals surface area contributed by atoms with E-state index in [0.29, 0.717) is 10.6 Å². The van der Waals surface area contributed by atoms with E-state index in [0.717, 1.165) is 28.8 Å². The molecule has 4 nitrogen and oxygen atoms in total. The van der Waals surface area contributed by atoms with Crippen LogP contribution >= 0.6 is 11.3 Å². The van der Waals surface area contributed by atoms with Crippen molar-refractivity contribution in [3.05, 3.63) is 40.3 Å². The van der Waals surface area contributed by atoms with Gasteiger partial charge in [0.1, 0.15) is 11.1 Å². The highest BCUT2D eigenvalue weighted by Crippen LogP contribution is 2.39. The molecule has 1 N–H and O–H groups in total. The molecule has 1 aromatic heterocycles. The Labute approximate surface area is 134 Å². The zero-order valence-corrected chi connectivity index (χ0v) is 13.7. The molecule has 0 aliphatic carbocycles. The van der Waals surface area contributed by atoms with Gasteiger partial charge in [-0.05, 0) is 24.5 Å². The topological polar surface area (TPSA) is 62.1 Å². The number of amides is 1. The van der Waals surface area contributed by atoms with Gasteiger partial charge in [0.15, 0.2) is 0 Å². The number of methoxy groups -OCH3 is 1. The van der Waals surface area contributed by atoms with Crippen molar-refractivity contribution in [2.24, 2.45) is 0 Å². The van der Waals surface area contributed by atoms with Crippen LogP contribution in [0.5, 0.6) is 0 Å². The molecule has 114 valence electrons. The van der Waals surface area contributed by atoms with Crippen LogP contribution in [0.2, 0.25) is 0 Å². The van der Waals surface area contributed by atoms with E-state index >= 15 is 0 Å². The van der Waals surface area contributed by atoms with E-state index in [4.69, 9.17) is 0 Å². The lowest BCUT2D eigenvalue weighted by Gasteiger charge is -2.05. The smallest absolute Gasteiger partial charge is 0.411 e. The number of aryl methyl sites for hydroxylation is 2. The first kappa shape index (κ1) is 16.1. The number of benzene rings is 1. The summed E-state index contributed by atoms with van der Waals surface area (Å²) in [4.78, 5) is 12.4. The highest BCUT2D eigenvalue weighted by Gasteiger charge is 2.19. The third kappa shape index (κ3) is 3.29. The molecule has 22 heavy (non-hydrogen) atoms. The van der Waals surface area contributed by atoms with Crippen molar-refractivity contribution in [1.82, 2.24) is 0 Å². The van der Waals surface area contributed by atoms with Gasteiger partial charge in [-0.3, -0.25) is 5.32 Å². The fraction of sp³-hybridized carbons (Fsp3) is 0.294. The average Bonchev–Trinajstić information content (AvgIpc) is 2.83. The lowest BCUT2D eigenvalue weighted by atomic mass is 9.99. The number of hydrogen-bond donors (Lipinski definition) is 1. The molecule has 0 spiro atoms. The van der Waals surface area contributed by atoms with E-state index in [9.17, 15) is 10.1 Å². The van der Waals surface area contributed by atoms with Crippen LogP contribution in [-0.4, -0.2) is 13.2 Å². The lowest BCUT2D eigenvalue weighted by molar-refractivity contribution is 0.187. The summed E-state index contributed by atoms with van der Waals surface area (Å²) in [6.07, 6.45) is 1.58. The number of nitriles is 1. The molecule has 0 aliphatic rings. The van der Waals surface area contributed by atoms with Crippen molar-refractivity contribution in [2.45, 2.75) is 26.7 Å². The maximum Gasteiger partial charge on any atom is 0.411 e. The van der Waals surface area contributed by atoms with Crippen LogP contribution < -0.4 is 5.32 Å². The Morgan fingerprint density at radius 1 is 1.36 bits per heavy atom. The largest absolute Gasteiger partial charge is 0.453 e. The monoisotopic (exact) mass is 314 g/mol. The molecule has 1 heterocycles. The molecule has 0 bridgehead atoms. The molecule has 0 atom stereocenters. The van der Waals surface area contributed by atoms with E-state index in [1.54, 1.807) is 0 Å². The Bertz CT molecular complexity index is 711. The minimum atomic E-state index is -0.567. The normalized spacial score (nSPS) is 10.1. The molecule has 1 aromatic carbocycles. The Morgan fingerprint density at radius 3 is 2.59 bits per heavy atom. The van der Waals surface area contributed by atoms with Crippen LogP contribution in [0.15, 0.2) is 24.3 Å². The third-order valence-electron chi connectivity index (χ3n) is 3.38. The van der Waals surface area contributed by atoms with Crippen LogP contribution in [-0.2, 0) is 11.2 Å². The Hall–Kier alpha value is -2.32. The van der Waals surface area contributed by atoms with Crippen molar-refractivity contribution in [2.75, 3.05) is 12.4 Å². The highest BCUT2D eigenvalue weighted by molar-refractivity contribution is 7.17.